The van der Waals surface area contributed by atoms with Gasteiger partial charge in [-0.25, -0.2) is 0 Å². The van der Waals surface area contributed by atoms with Crippen LogP contribution >= 0.6 is 11.3 Å². The first-order valence-electron chi connectivity index (χ1n) is 25.7. The van der Waals surface area contributed by atoms with Gasteiger partial charge in [-0.3, -0.25) is 0 Å². The SMILES string of the molecule is Cc1cc2c3c(c1)N(c1ccc(C(C)C)cc1)c1c(sc4c1-c1ccc(C)cc1C41c4ccccc4-c4ccccc41)B3c1ccc(-c3ccccc3-c3ccccc3)cc1N2c1ccc(C(C)(C)C)cc1. The zero-order valence-electron chi connectivity index (χ0n) is 42.0. The maximum absolute atomic E-state index is 2.67. The van der Waals surface area contributed by atoms with Crippen molar-refractivity contribution < 1.29 is 0 Å². The monoisotopic (exact) mass is 942 g/mol. The molecule has 10 aromatic rings. The van der Waals surface area contributed by atoms with Crippen molar-refractivity contribution in [3.05, 3.63) is 244 Å². The van der Waals surface area contributed by atoms with Gasteiger partial charge in [-0.15, -0.1) is 11.3 Å². The largest absolute Gasteiger partial charge is 0.311 e. The molecular weight excluding hydrogens is 888 g/mol. The van der Waals surface area contributed by atoms with Crippen molar-refractivity contribution in [3.8, 4) is 44.5 Å². The Morgan fingerprint density at radius 3 is 1.72 bits per heavy atom. The van der Waals surface area contributed by atoms with Crippen molar-refractivity contribution in [2.45, 2.75) is 65.2 Å². The third-order valence-electron chi connectivity index (χ3n) is 16.3. The molecule has 1 aromatic heterocycles. The van der Waals surface area contributed by atoms with E-state index in [1.807, 2.05) is 0 Å². The van der Waals surface area contributed by atoms with Crippen molar-refractivity contribution in [1.29, 1.82) is 0 Å². The summed E-state index contributed by atoms with van der Waals surface area (Å²) in [7, 11) is 0. The molecule has 0 atom stereocenters. The lowest BCUT2D eigenvalue weighted by molar-refractivity contribution is 0.590. The summed E-state index contributed by atoms with van der Waals surface area (Å²) in [6, 6.07) is 76.8. The van der Waals surface area contributed by atoms with Crippen LogP contribution in [0.2, 0.25) is 0 Å². The van der Waals surface area contributed by atoms with E-state index in [2.05, 4.69) is 270 Å². The molecule has 2 nitrogen and oxygen atoms in total. The molecule has 346 valence electrons. The van der Waals surface area contributed by atoms with Crippen LogP contribution in [0.1, 0.15) is 84.4 Å². The third kappa shape index (κ3) is 6.02. The maximum atomic E-state index is 2.67. The molecule has 0 unspecified atom stereocenters. The number of benzene rings is 9. The molecule has 0 saturated carbocycles. The number of nitrogens with zero attached hydrogens (tertiary/aromatic N) is 2. The number of hydrogen-bond acceptors (Lipinski definition) is 3. The summed E-state index contributed by atoms with van der Waals surface area (Å²) >= 11 is 2.07. The topological polar surface area (TPSA) is 6.48 Å². The molecule has 0 saturated heterocycles. The van der Waals surface area contributed by atoms with E-state index in [0.29, 0.717) is 5.92 Å². The predicted octanol–water partition coefficient (Wildman–Crippen LogP) is 16.5. The summed E-state index contributed by atoms with van der Waals surface area (Å²) in [5, 5.41) is 0. The van der Waals surface area contributed by atoms with Gasteiger partial charge in [0.2, 0.25) is 0 Å². The Labute approximate surface area is 429 Å². The average molecular weight is 943 g/mol. The van der Waals surface area contributed by atoms with Crippen molar-refractivity contribution in [1.82, 2.24) is 0 Å². The predicted molar refractivity (Wildman–Crippen MR) is 308 cm³/mol. The highest BCUT2D eigenvalue weighted by Crippen LogP contribution is 2.67. The molecule has 2 aliphatic heterocycles. The van der Waals surface area contributed by atoms with Gasteiger partial charge in [-0.2, -0.15) is 0 Å². The fraction of sp³-hybridized carbons (Fsp3) is 0.147. The van der Waals surface area contributed by atoms with Gasteiger partial charge in [0, 0.05) is 43.7 Å². The standard InChI is InChI=1S/C68H55BN2S/c1-41(2)44-26-31-49(32-27-44)71-61-39-43(4)38-60-63(61)69(66-64(71)62-54-35-25-42(3)37-57(54)68(65(62)72-66)55-23-15-13-21-52(55)53-22-14-16-24-56(53)68)58-36-28-46(51-20-12-11-19-50(51)45-17-9-8-10-18-45)40-59(58)70(60)48-33-29-47(30-34-48)67(5,6)7/h8-41H,1-7H3. The molecule has 2 aliphatic carbocycles. The van der Waals surface area contributed by atoms with E-state index in [1.165, 1.54) is 138 Å². The quantitative estimate of drug-likeness (QED) is 0.159. The number of thiophene rings is 1. The van der Waals surface area contributed by atoms with Crippen LogP contribution in [0.5, 0.6) is 0 Å². The highest BCUT2D eigenvalue weighted by atomic mass is 32.1. The fourth-order valence-corrected chi connectivity index (χ4v) is 14.6. The Bertz CT molecular complexity index is 3810. The summed E-state index contributed by atoms with van der Waals surface area (Å²) in [5.74, 6) is 0.425. The summed E-state index contributed by atoms with van der Waals surface area (Å²) in [4.78, 5) is 6.69. The zero-order valence-corrected chi connectivity index (χ0v) is 42.8. The molecule has 14 rings (SSSR count). The van der Waals surface area contributed by atoms with Gasteiger partial charge in [0.1, 0.15) is 0 Å². The Morgan fingerprint density at radius 1 is 0.486 bits per heavy atom. The molecule has 3 heterocycles. The zero-order chi connectivity index (χ0) is 48.8. The van der Waals surface area contributed by atoms with Crippen LogP contribution in [0.15, 0.2) is 200 Å². The molecule has 72 heavy (non-hydrogen) atoms. The molecule has 0 fully saturated rings. The van der Waals surface area contributed by atoms with E-state index < -0.39 is 5.41 Å². The van der Waals surface area contributed by atoms with Gasteiger partial charge >= 0.3 is 0 Å². The summed E-state index contributed by atoms with van der Waals surface area (Å²) in [6.07, 6.45) is 0. The number of fused-ring (bicyclic) bond motifs is 15. The van der Waals surface area contributed by atoms with Crippen LogP contribution in [0.25, 0.3) is 44.5 Å². The number of rotatable bonds is 5. The second-order valence-electron chi connectivity index (χ2n) is 22.0. The maximum Gasteiger partial charge on any atom is 0.264 e. The van der Waals surface area contributed by atoms with Crippen molar-refractivity contribution in [3.63, 3.8) is 0 Å². The second kappa shape index (κ2) is 15.7. The van der Waals surface area contributed by atoms with E-state index >= 15 is 0 Å². The minimum atomic E-state index is -0.465. The van der Waals surface area contributed by atoms with Gasteiger partial charge < -0.3 is 9.80 Å². The van der Waals surface area contributed by atoms with Crippen molar-refractivity contribution >= 4 is 67.9 Å². The van der Waals surface area contributed by atoms with Crippen LogP contribution < -0.4 is 25.5 Å². The van der Waals surface area contributed by atoms with Gasteiger partial charge in [-0.05, 0) is 151 Å². The Kier molecular flexibility index (Phi) is 9.39. The van der Waals surface area contributed by atoms with Gasteiger partial charge in [0.15, 0.2) is 0 Å². The lowest BCUT2D eigenvalue weighted by Crippen LogP contribution is -2.60. The Balaban J connectivity index is 1.10. The van der Waals surface area contributed by atoms with Crippen molar-refractivity contribution in [2.75, 3.05) is 9.80 Å². The first-order valence-corrected chi connectivity index (χ1v) is 26.5. The van der Waals surface area contributed by atoms with Gasteiger partial charge in [0.25, 0.3) is 6.71 Å². The smallest absolute Gasteiger partial charge is 0.264 e. The molecule has 0 bridgehead atoms. The first kappa shape index (κ1) is 43.2. The summed E-state index contributed by atoms with van der Waals surface area (Å²) < 4.78 is 1.40. The van der Waals surface area contributed by atoms with Crippen LogP contribution in [0.3, 0.4) is 0 Å². The minimum Gasteiger partial charge on any atom is -0.311 e. The molecule has 0 amide bonds. The molecule has 0 radical (unpaired) electrons. The lowest BCUT2D eigenvalue weighted by Gasteiger charge is -2.44. The highest BCUT2D eigenvalue weighted by Gasteiger charge is 2.57. The minimum absolute atomic E-state index is 0.0243. The summed E-state index contributed by atoms with van der Waals surface area (Å²) in [6.45, 7) is 16.0. The molecular formula is C68H55BN2S. The number of aryl methyl sites for hydroxylation is 2. The lowest BCUT2D eigenvalue weighted by atomic mass is 9.36. The normalized spacial score (nSPS) is 14.2. The highest BCUT2D eigenvalue weighted by molar-refractivity contribution is 7.30. The second-order valence-corrected chi connectivity index (χ2v) is 23.0. The molecule has 4 heteroatoms. The molecule has 4 aliphatic rings. The molecule has 9 aromatic carbocycles. The summed E-state index contributed by atoms with van der Waals surface area (Å²) in [5.41, 5.74) is 29.3. The van der Waals surface area contributed by atoms with Crippen LogP contribution in [0.4, 0.5) is 34.1 Å². The van der Waals surface area contributed by atoms with Crippen LogP contribution in [-0.2, 0) is 10.8 Å². The van der Waals surface area contributed by atoms with Crippen LogP contribution in [0, 0.1) is 13.8 Å². The van der Waals surface area contributed by atoms with E-state index in [1.54, 1.807) is 0 Å². The number of anilines is 6. The van der Waals surface area contributed by atoms with Gasteiger partial charge in [0.05, 0.1) is 11.1 Å². The van der Waals surface area contributed by atoms with Gasteiger partial charge in [-0.1, -0.05) is 198 Å². The van der Waals surface area contributed by atoms with E-state index in [4.69, 9.17) is 0 Å². The average Bonchev–Trinajstić information content (AvgIpc) is 4.02. The third-order valence-corrected chi connectivity index (χ3v) is 17.7. The van der Waals surface area contributed by atoms with E-state index in [-0.39, 0.29) is 12.1 Å². The van der Waals surface area contributed by atoms with E-state index in [0.717, 1.165) is 0 Å². The first-order chi connectivity index (χ1) is 35.0. The van der Waals surface area contributed by atoms with E-state index in [9.17, 15) is 0 Å². The van der Waals surface area contributed by atoms with Crippen LogP contribution in [-0.4, -0.2) is 6.71 Å². The fourth-order valence-electron chi connectivity index (χ4n) is 13.0. The molecule has 0 N–H and O–H groups in total. The Morgan fingerprint density at radius 2 is 1.07 bits per heavy atom. The van der Waals surface area contributed by atoms with Crippen molar-refractivity contribution in [2.24, 2.45) is 0 Å². The molecule has 1 spiro atoms. The number of hydrogen-bond donors (Lipinski definition) is 0. The Hall–Kier alpha value is -7.66.